The number of hydrazine groups is 1. The van der Waals surface area contributed by atoms with Crippen molar-refractivity contribution in [3.8, 4) is 0 Å². The van der Waals surface area contributed by atoms with E-state index in [4.69, 9.17) is 0 Å². The van der Waals surface area contributed by atoms with Crippen molar-refractivity contribution >= 4 is 34.7 Å². The van der Waals surface area contributed by atoms with Gasteiger partial charge in [0.15, 0.2) is 0 Å². The number of nitrogens with zero attached hydrogens (tertiary/aromatic N) is 1. The van der Waals surface area contributed by atoms with Crippen molar-refractivity contribution < 1.29 is 14.4 Å². The fourth-order valence-electron chi connectivity index (χ4n) is 4.02. The monoisotopic (exact) mass is 411 g/mol. The first-order chi connectivity index (χ1) is 14.0. The number of carbonyl (C=O) groups excluding carboxylic acids is 3. The van der Waals surface area contributed by atoms with E-state index in [1.807, 2.05) is 6.07 Å². The van der Waals surface area contributed by atoms with Gasteiger partial charge in [0.2, 0.25) is 5.91 Å². The molecule has 1 aliphatic carbocycles. The minimum atomic E-state index is -0.384. The van der Waals surface area contributed by atoms with Crippen LogP contribution in [0.1, 0.15) is 63.1 Å². The number of amides is 3. The van der Waals surface area contributed by atoms with E-state index in [1.165, 1.54) is 28.2 Å². The Morgan fingerprint density at radius 3 is 2.59 bits per heavy atom. The first-order valence-electron chi connectivity index (χ1n) is 10.2. The van der Waals surface area contributed by atoms with E-state index < -0.39 is 0 Å². The number of rotatable bonds is 4. The second-order valence-corrected chi connectivity index (χ2v) is 8.82. The molecular formula is C22H25N3O3S. The van der Waals surface area contributed by atoms with E-state index in [2.05, 4.69) is 17.8 Å². The van der Waals surface area contributed by atoms with Crippen LogP contribution in [0.3, 0.4) is 0 Å². The van der Waals surface area contributed by atoms with Gasteiger partial charge in [-0.15, -0.1) is 11.3 Å². The van der Waals surface area contributed by atoms with E-state index in [0.29, 0.717) is 29.3 Å². The molecule has 1 fully saturated rings. The standard InChI is InChI=1S/C22H25N3O3S/c1-2-14-5-10-18-16(12-14)13-19(29-18)22(28)24-23-21(27)15-6-8-17(9-7-15)25-11-3-4-20(25)26/h6-9,13-14H,2-5,10-12H2,1H3,(H,23,27)(H,24,28)/t14-/m0/s1. The van der Waals surface area contributed by atoms with Gasteiger partial charge >= 0.3 is 0 Å². The van der Waals surface area contributed by atoms with Gasteiger partial charge in [0.1, 0.15) is 0 Å². The Balaban J connectivity index is 1.34. The van der Waals surface area contributed by atoms with E-state index in [-0.39, 0.29) is 17.7 Å². The van der Waals surface area contributed by atoms with Crippen LogP contribution in [0.15, 0.2) is 30.3 Å². The minimum Gasteiger partial charge on any atom is -0.312 e. The normalized spacial score (nSPS) is 18.4. The van der Waals surface area contributed by atoms with E-state index >= 15 is 0 Å². The highest BCUT2D eigenvalue weighted by molar-refractivity contribution is 7.14. The fourth-order valence-corrected chi connectivity index (χ4v) is 5.12. The number of hydrogen-bond donors (Lipinski definition) is 2. The van der Waals surface area contributed by atoms with Crippen molar-refractivity contribution in [2.24, 2.45) is 5.92 Å². The summed E-state index contributed by atoms with van der Waals surface area (Å²) in [6, 6.07) is 8.81. The summed E-state index contributed by atoms with van der Waals surface area (Å²) in [7, 11) is 0. The molecule has 2 aliphatic rings. The molecule has 7 heteroatoms. The van der Waals surface area contributed by atoms with Gasteiger partial charge in [-0.25, -0.2) is 0 Å². The third kappa shape index (κ3) is 4.19. The van der Waals surface area contributed by atoms with Crippen LogP contribution in [0.25, 0.3) is 0 Å². The van der Waals surface area contributed by atoms with Crippen LogP contribution in [0, 0.1) is 5.92 Å². The Hall–Kier alpha value is -2.67. The van der Waals surface area contributed by atoms with Crippen LogP contribution in [0.2, 0.25) is 0 Å². The molecule has 0 unspecified atom stereocenters. The summed E-state index contributed by atoms with van der Waals surface area (Å²) in [6.07, 6.45) is 5.84. The van der Waals surface area contributed by atoms with Gasteiger partial charge in [-0.2, -0.15) is 0 Å². The Morgan fingerprint density at radius 2 is 1.90 bits per heavy atom. The van der Waals surface area contributed by atoms with Crippen LogP contribution in [-0.4, -0.2) is 24.3 Å². The van der Waals surface area contributed by atoms with Crippen LogP contribution in [0.5, 0.6) is 0 Å². The van der Waals surface area contributed by atoms with Crippen molar-refractivity contribution in [1.29, 1.82) is 0 Å². The number of thiophene rings is 1. The maximum Gasteiger partial charge on any atom is 0.279 e. The van der Waals surface area contributed by atoms with Crippen LogP contribution < -0.4 is 15.8 Å². The van der Waals surface area contributed by atoms with E-state index in [1.54, 1.807) is 29.2 Å². The van der Waals surface area contributed by atoms with Crippen molar-refractivity contribution in [1.82, 2.24) is 10.9 Å². The van der Waals surface area contributed by atoms with Gasteiger partial charge in [-0.3, -0.25) is 25.2 Å². The molecule has 1 saturated heterocycles. The second-order valence-electron chi connectivity index (χ2n) is 7.68. The number of anilines is 1. The third-order valence-electron chi connectivity index (χ3n) is 5.79. The molecule has 3 amide bonds. The lowest BCUT2D eigenvalue weighted by Crippen LogP contribution is -2.41. The molecule has 2 heterocycles. The van der Waals surface area contributed by atoms with Crippen LogP contribution >= 0.6 is 11.3 Å². The molecule has 1 aliphatic heterocycles. The lowest BCUT2D eigenvalue weighted by molar-refractivity contribution is -0.117. The third-order valence-corrected chi connectivity index (χ3v) is 7.03. The predicted octanol–water partition coefficient (Wildman–Crippen LogP) is 3.46. The number of nitrogens with one attached hydrogen (secondary N) is 2. The molecular weight excluding hydrogens is 386 g/mol. The molecule has 0 bridgehead atoms. The summed E-state index contributed by atoms with van der Waals surface area (Å²) in [5.41, 5.74) is 7.50. The summed E-state index contributed by atoms with van der Waals surface area (Å²) in [5.74, 6) is 0.139. The molecule has 2 N–H and O–H groups in total. The summed E-state index contributed by atoms with van der Waals surface area (Å²) >= 11 is 1.52. The quantitative estimate of drug-likeness (QED) is 0.757. The lowest BCUT2D eigenvalue weighted by atomic mass is 9.87. The topological polar surface area (TPSA) is 78.5 Å². The first-order valence-corrected chi connectivity index (χ1v) is 11.0. The van der Waals surface area contributed by atoms with Gasteiger partial charge in [0.05, 0.1) is 4.88 Å². The van der Waals surface area contributed by atoms with Crippen molar-refractivity contribution in [2.45, 2.75) is 45.4 Å². The number of hydrogen-bond acceptors (Lipinski definition) is 4. The molecule has 0 radical (unpaired) electrons. The SMILES string of the molecule is CC[C@H]1CCc2sc(C(=O)NNC(=O)c3ccc(N4CCCC4=O)cc3)cc2C1. The molecule has 1 aromatic carbocycles. The Morgan fingerprint density at radius 1 is 1.14 bits per heavy atom. The van der Waals surface area contributed by atoms with Crippen LogP contribution in [-0.2, 0) is 17.6 Å². The Kier molecular flexibility index (Phi) is 5.67. The Bertz CT molecular complexity index is 935. The van der Waals surface area contributed by atoms with Gasteiger partial charge < -0.3 is 4.90 Å². The average molecular weight is 412 g/mol. The van der Waals surface area contributed by atoms with Crippen molar-refractivity contribution in [3.05, 3.63) is 51.2 Å². The highest BCUT2D eigenvalue weighted by Gasteiger charge is 2.23. The minimum absolute atomic E-state index is 0.110. The highest BCUT2D eigenvalue weighted by atomic mass is 32.1. The largest absolute Gasteiger partial charge is 0.312 e. The highest BCUT2D eigenvalue weighted by Crippen LogP contribution is 2.33. The van der Waals surface area contributed by atoms with Crippen molar-refractivity contribution in [3.63, 3.8) is 0 Å². The van der Waals surface area contributed by atoms with E-state index in [9.17, 15) is 14.4 Å². The fraction of sp³-hybridized carbons (Fsp3) is 0.409. The molecule has 6 nitrogen and oxygen atoms in total. The van der Waals surface area contributed by atoms with Gasteiger partial charge in [0.25, 0.3) is 11.8 Å². The summed E-state index contributed by atoms with van der Waals surface area (Å²) in [4.78, 5) is 40.3. The van der Waals surface area contributed by atoms with Crippen LogP contribution in [0.4, 0.5) is 5.69 Å². The number of benzene rings is 1. The predicted molar refractivity (Wildman–Crippen MR) is 113 cm³/mol. The molecule has 152 valence electrons. The molecule has 4 rings (SSSR count). The zero-order chi connectivity index (χ0) is 20.4. The summed E-state index contributed by atoms with van der Waals surface area (Å²) < 4.78 is 0. The van der Waals surface area contributed by atoms with Crippen molar-refractivity contribution in [2.75, 3.05) is 11.4 Å². The second kappa shape index (κ2) is 8.37. The summed E-state index contributed by atoms with van der Waals surface area (Å²) in [5, 5.41) is 0. The smallest absolute Gasteiger partial charge is 0.279 e. The number of fused-ring (bicyclic) bond motifs is 1. The molecule has 0 saturated carbocycles. The average Bonchev–Trinajstić information content (AvgIpc) is 3.37. The van der Waals surface area contributed by atoms with Gasteiger partial charge in [0, 0.05) is 29.1 Å². The zero-order valence-electron chi connectivity index (χ0n) is 16.5. The summed E-state index contributed by atoms with van der Waals surface area (Å²) in [6.45, 7) is 2.92. The first kappa shape index (κ1) is 19.6. The molecule has 2 aromatic rings. The maximum absolute atomic E-state index is 12.5. The zero-order valence-corrected chi connectivity index (χ0v) is 17.3. The number of aryl methyl sites for hydroxylation is 1. The molecule has 29 heavy (non-hydrogen) atoms. The number of carbonyl (C=O) groups is 3. The van der Waals surface area contributed by atoms with E-state index in [0.717, 1.165) is 31.4 Å². The molecule has 1 aromatic heterocycles. The lowest BCUT2D eigenvalue weighted by Gasteiger charge is -2.19. The Labute approximate surface area is 174 Å². The van der Waals surface area contributed by atoms with Gasteiger partial charge in [-0.05, 0) is 67.5 Å². The maximum atomic E-state index is 12.5. The molecule has 0 spiro atoms. The van der Waals surface area contributed by atoms with Gasteiger partial charge in [-0.1, -0.05) is 13.3 Å². The molecule has 1 atom stereocenters.